The van der Waals surface area contributed by atoms with Crippen molar-refractivity contribution in [2.45, 2.75) is 45.1 Å². The van der Waals surface area contributed by atoms with E-state index in [0.717, 1.165) is 24.5 Å². The first-order valence-corrected chi connectivity index (χ1v) is 6.90. The molecule has 98 valence electrons. The van der Waals surface area contributed by atoms with E-state index in [4.69, 9.17) is 9.47 Å². The average Bonchev–Trinajstić information content (AvgIpc) is 2.97. The smallest absolute Gasteiger partial charge is 0.231 e. The summed E-state index contributed by atoms with van der Waals surface area (Å²) in [5.41, 5.74) is 2.81. The van der Waals surface area contributed by atoms with Crippen molar-refractivity contribution in [3.05, 3.63) is 23.3 Å². The third-order valence-electron chi connectivity index (χ3n) is 3.89. The predicted molar refractivity (Wildman–Crippen MR) is 71.4 cm³/mol. The quantitative estimate of drug-likeness (QED) is 0.891. The van der Waals surface area contributed by atoms with Gasteiger partial charge in [0.05, 0.1) is 0 Å². The van der Waals surface area contributed by atoms with Crippen molar-refractivity contribution in [2.75, 3.05) is 13.3 Å². The van der Waals surface area contributed by atoms with Crippen molar-refractivity contribution in [3.63, 3.8) is 0 Å². The van der Waals surface area contributed by atoms with Gasteiger partial charge in [-0.3, -0.25) is 0 Å². The third-order valence-corrected chi connectivity index (χ3v) is 3.89. The molecule has 1 saturated heterocycles. The number of ether oxygens (including phenoxy) is 2. The van der Waals surface area contributed by atoms with Crippen LogP contribution in [0.5, 0.6) is 11.5 Å². The minimum atomic E-state index is 0.359. The van der Waals surface area contributed by atoms with E-state index in [9.17, 15) is 0 Å². The molecule has 0 saturated carbocycles. The largest absolute Gasteiger partial charge is 0.454 e. The Kier molecular flexibility index (Phi) is 3.16. The van der Waals surface area contributed by atoms with E-state index in [1.54, 1.807) is 0 Å². The molecule has 1 fully saturated rings. The summed E-state index contributed by atoms with van der Waals surface area (Å²) in [5, 5.41) is 3.57. The van der Waals surface area contributed by atoms with Gasteiger partial charge in [0, 0.05) is 6.04 Å². The number of benzene rings is 1. The van der Waals surface area contributed by atoms with Crippen molar-refractivity contribution in [1.29, 1.82) is 0 Å². The molecule has 0 radical (unpaired) electrons. The molecule has 0 amide bonds. The summed E-state index contributed by atoms with van der Waals surface area (Å²) in [6, 6.07) is 4.97. The predicted octanol–water partition coefficient (Wildman–Crippen LogP) is 2.83. The van der Waals surface area contributed by atoms with Gasteiger partial charge in [-0.15, -0.1) is 0 Å². The van der Waals surface area contributed by atoms with E-state index in [1.807, 2.05) is 0 Å². The molecule has 3 rings (SSSR count). The van der Waals surface area contributed by atoms with Crippen LogP contribution < -0.4 is 14.8 Å². The molecule has 1 atom stereocenters. The van der Waals surface area contributed by atoms with Gasteiger partial charge < -0.3 is 14.8 Å². The monoisotopic (exact) mass is 247 g/mol. The Bertz CT molecular complexity index is 436. The van der Waals surface area contributed by atoms with Crippen LogP contribution in [0.1, 0.15) is 43.7 Å². The van der Waals surface area contributed by atoms with Crippen LogP contribution in [0.25, 0.3) is 0 Å². The second-order valence-corrected chi connectivity index (χ2v) is 5.56. The van der Waals surface area contributed by atoms with E-state index in [0.29, 0.717) is 18.8 Å². The summed E-state index contributed by atoms with van der Waals surface area (Å²) < 4.78 is 11.0. The first-order chi connectivity index (χ1) is 8.74. The maximum absolute atomic E-state index is 5.50. The average molecular weight is 247 g/mol. The van der Waals surface area contributed by atoms with Crippen LogP contribution in [-0.2, 0) is 6.42 Å². The molecule has 1 N–H and O–H groups in total. The van der Waals surface area contributed by atoms with E-state index >= 15 is 0 Å². The summed E-state index contributed by atoms with van der Waals surface area (Å²) >= 11 is 0. The molecule has 2 heterocycles. The Morgan fingerprint density at radius 1 is 1.28 bits per heavy atom. The van der Waals surface area contributed by atoms with E-state index in [-0.39, 0.29) is 0 Å². The molecule has 3 heteroatoms. The van der Waals surface area contributed by atoms with Crippen molar-refractivity contribution in [2.24, 2.45) is 0 Å². The highest BCUT2D eigenvalue weighted by Crippen LogP contribution is 2.37. The maximum atomic E-state index is 5.50. The highest BCUT2D eigenvalue weighted by atomic mass is 16.7. The van der Waals surface area contributed by atoms with E-state index in [2.05, 4.69) is 31.3 Å². The minimum Gasteiger partial charge on any atom is -0.454 e. The second-order valence-electron chi connectivity index (χ2n) is 5.56. The molecule has 0 bridgehead atoms. The SMILES string of the molecule is CC(C)c1cc2c(cc1CC1CCCN1)OCO2. The number of fused-ring (bicyclic) bond motifs is 1. The number of nitrogens with one attached hydrogen (secondary N) is 1. The zero-order chi connectivity index (χ0) is 12.5. The molecule has 18 heavy (non-hydrogen) atoms. The van der Waals surface area contributed by atoms with Gasteiger partial charge in [0.2, 0.25) is 6.79 Å². The molecule has 3 nitrogen and oxygen atoms in total. The summed E-state index contributed by atoms with van der Waals surface area (Å²) in [4.78, 5) is 0. The molecular weight excluding hydrogens is 226 g/mol. The Balaban J connectivity index is 1.90. The standard InChI is InChI=1S/C15H21NO2/c1-10(2)13-8-15-14(17-9-18-15)7-11(13)6-12-4-3-5-16-12/h7-8,10,12,16H,3-6,9H2,1-2H3. The van der Waals surface area contributed by atoms with Crippen molar-refractivity contribution < 1.29 is 9.47 Å². The molecule has 1 unspecified atom stereocenters. The molecular formula is C15H21NO2. The fourth-order valence-corrected chi connectivity index (χ4v) is 2.91. The van der Waals surface area contributed by atoms with Crippen molar-refractivity contribution in [3.8, 4) is 11.5 Å². The number of hydrogen-bond donors (Lipinski definition) is 1. The molecule has 1 aromatic rings. The molecule has 2 aliphatic heterocycles. The van der Waals surface area contributed by atoms with E-state index < -0.39 is 0 Å². The van der Waals surface area contributed by atoms with Gasteiger partial charge in [-0.25, -0.2) is 0 Å². The van der Waals surface area contributed by atoms with Gasteiger partial charge in [-0.2, -0.15) is 0 Å². The Morgan fingerprint density at radius 3 is 2.72 bits per heavy atom. The first-order valence-electron chi connectivity index (χ1n) is 6.90. The third kappa shape index (κ3) is 2.19. The second kappa shape index (κ2) is 4.81. The topological polar surface area (TPSA) is 30.5 Å². The highest BCUT2D eigenvalue weighted by Gasteiger charge is 2.21. The Morgan fingerprint density at radius 2 is 2.06 bits per heavy atom. The van der Waals surface area contributed by atoms with Gasteiger partial charge in [0.15, 0.2) is 11.5 Å². The Hall–Kier alpha value is -1.22. The van der Waals surface area contributed by atoms with Gasteiger partial charge in [0.25, 0.3) is 0 Å². The van der Waals surface area contributed by atoms with Gasteiger partial charge in [0.1, 0.15) is 0 Å². The minimum absolute atomic E-state index is 0.359. The summed E-state index contributed by atoms with van der Waals surface area (Å²) in [5.74, 6) is 2.34. The fourth-order valence-electron chi connectivity index (χ4n) is 2.91. The van der Waals surface area contributed by atoms with Crippen LogP contribution in [0.4, 0.5) is 0 Å². The first kappa shape index (κ1) is 11.8. The van der Waals surface area contributed by atoms with Crippen LogP contribution in [0.2, 0.25) is 0 Å². The van der Waals surface area contributed by atoms with Crippen LogP contribution in [-0.4, -0.2) is 19.4 Å². The number of rotatable bonds is 3. The molecule has 0 spiro atoms. The lowest BCUT2D eigenvalue weighted by molar-refractivity contribution is 0.174. The lowest BCUT2D eigenvalue weighted by atomic mass is 9.92. The van der Waals surface area contributed by atoms with Crippen molar-refractivity contribution in [1.82, 2.24) is 5.32 Å². The van der Waals surface area contributed by atoms with Gasteiger partial charge in [-0.05, 0) is 55.0 Å². The van der Waals surface area contributed by atoms with Gasteiger partial charge in [-0.1, -0.05) is 13.8 Å². The van der Waals surface area contributed by atoms with Gasteiger partial charge >= 0.3 is 0 Å². The van der Waals surface area contributed by atoms with E-state index in [1.165, 1.54) is 24.0 Å². The van der Waals surface area contributed by atoms with Crippen molar-refractivity contribution >= 4 is 0 Å². The molecule has 0 aliphatic carbocycles. The van der Waals surface area contributed by atoms with Crippen LogP contribution in [0, 0.1) is 0 Å². The summed E-state index contributed by atoms with van der Waals surface area (Å²) in [6.45, 7) is 6.00. The molecule has 1 aromatic carbocycles. The van der Waals surface area contributed by atoms with Crippen LogP contribution in [0.3, 0.4) is 0 Å². The highest BCUT2D eigenvalue weighted by molar-refractivity contribution is 5.50. The van der Waals surface area contributed by atoms with Crippen LogP contribution in [0.15, 0.2) is 12.1 Å². The zero-order valence-corrected chi connectivity index (χ0v) is 11.2. The maximum Gasteiger partial charge on any atom is 0.231 e. The Labute approximate surface area is 108 Å². The fraction of sp³-hybridized carbons (Fsp3) is 0.600. The molecule has 0 aromatic heterocycles. The summed E-state index contributed by atoms with van der Waals surface area (Å²) in [6.07, 6.45) is 3.68. The lowest BCUT2D eigenvalue weighted by Crippen LogP contribution is -2.24. The lowest BCUT2D eigenvalue weighted by Gasteiger charge is -2.17. The molecule has 2 aliphatic rings. The normalized spacial score (nSPS) is 21.8. The zero-order valence-electron chi connectivity index (χ0n) is 11.2. The summed E-state index contributed by atoms with van der Waals surface area (Å²) in [7, 11) is 0. The number of hydrogen-bond acceptors (Lipinski definition) is 3. The van der Waals surface area contributed by atoms with Crippen LogP contribution >= 0.6 is 0 Å².